The van der Waals surface area contributed by atoms with Crippen LogP contribution in [-0.4, -0.2) is 87.0 Å². The fourth-order valence-corrected chi connectivity index (χ4v) is 10.2. The number of amides is 1. The van der Waals surface area contributed by atoms with Crippen LogP contribution in [0.1, 0.15) is 67.4 Å². The van der Waals surface area contributed by atoms with Gasteiger partial charge in [0.15, 0.2) is 35.0 Å². The van der Waals surface area contributed by atoms with E-state index >= 15 is 4.39 Å². The van der Waals surface area contributed by atoms with Gasteiger partial charge in [-0.1, -0.05) is 72.8 Å². The molecule has 2 aliphatic rings. The first kappa shape index (κ1) is 43.8. The molecule has 0 spiro atoms. The summed E-state index contributed by atoms with van der Waals surface area (Å²) in [5.74, 6) is 1.06. The SMILES string of the molecule is COc1ccc(C(OC2[C@H]3O[C@@H](n4cnc5c(NC(=O)c6ccccc6)ncnc54)[C@H](F)[C@@]23OP(OCCC#N)N(C(C)C)C(C)C)(c2ccccc2)c2ccc(OC)cc2)cc1. The van der Waals surface area contributed by atoms with Crippen molar-refractivity contribution in [3.8, 4) is 17.6 Å². The number of ether oxygens (including phenoxy) is 4. The van der Waals surface area contributed by atoms with Crippen LogP contribution in [0, 0.1) is 11.3 Å². The summed E-state index contributed by atoms with van der Waals surface area (Å²) in [4.78, 5) is 26.5. The first-order chi connectivity index (χ1) is 30.6. The summed E-state index contributed by atoms with van der Waals surface area (Å²) in [6.07, 6.45) is -2.34. The van der Waals surface area contributed by atoms with E-state index in [4.69, 9.17) is 28.0 Å². The number of carbonyl (C=O) groups excluding carboxylic acids is 1. The minimum Gasteiger partial charge on any atom is -0.497 e. The lowest BCUT2D eigenvalue weighted by atomic mass is 9.80. The molecule has 2 fully saturated rings. The number of alkyl halides is 1. The summed E-state index contributed by atoms with van der Waals surface area (Å²) < 4.78 is 60.7. The van der Waals surface area contributed by atoms with E-state index in [0.29, 0.717) is 17.1 Å². The Hall–Kier alpha value is -5.85. The molecule has 326 valence electrons. The van der Waals surface area contributed by atoms with Gasteiger partial charge in [-0.25, -0.2) is 24.0 Å². The molecule has 1 aliphatic heterocycles. The zero-order valence-corrected chi connectivity index (χ0v) is 36.7. The lowest BCUT2D eigenvalue weighted by molar-refractivity contribution is -0.110. The van der Waals surface area contributed by atoms with Gasteiger partial charge in [-0.3, -0.25) is 9.36 Å². The summed E-state index contributed by atoms with van der Waals surface area (Å²) >= 11 is 0. The van der Waals surface area contributed by atoms with Crippen LogP contribution in [0.3, 0.4) is 0 Å². The number of hydrogen-bond donors (Lipinski definition) is 1. The topological polar surface area (TPSA) is 155 Å². The van der Waals surface area contributed by atoms with Crippen molar-refractivity contribution in [2.24, 2.45) is 0 Å². The van der Waals surface area contributed by atoms with E-state index in [2.05, 4.69) is 26.3 Å². The van der Waals surface area contributed by atoms with Crippen LogP contribution < -0.4 is 14.8 Å². The number of benzene rings is 4. The Morgan fingerprint density at radius 1 is 0.889 bits per heavy atom. The maximum absolute atomic E-state index is 18.3. The zero-order chi connectivity index (χ0) is 44.3. The number of carbonyl (C=O) groups is 1. The van der Waals surface area contributed by atoms with Crippen LogP contribution in [0.2, 0.25) is 0 Å². The summed E-state index contributed by atoms with van der Waals surface area (Å²) in [6.45, 7) is 8.13. The van der Waals surface area contributed by atoms with Crippen molar-refractivity contribution in [2.75, 3.05) is 26.1 Å². The average Bonchev–Trinajstić information content (AvgIpc) is 3.51. The molecule has 6 aromatic rings. The van der Waals surface area contributed by atoms with Gasteiger partial charge in [-0.2, -0.15) is 5.26 Å². The van der Waals surface area contributed by atoms with Crippen molar-refractivity contribution < 1.29 is 37.2 Å². The second-order valence-electron chi connectivity index (χ2n) is 15.7. The predicted octanol–water partition coefficient (Wildman–Crippen LogP) is 8.75. The number of halogens is 1. The van der Waals surface area contributed by atoms with E-state index in [1.54, 1.807) is 38.5 Å². The van der Waals surface area contributed by atoms with E-state index in [9.17, 15) is 10.1 Å². The molecule has 2 aromatic heterocycles. The second-order valence-corrected chi connectivity index (χ2v) is 17.1. The molecule has 1 aliphatic carbocycles. The molecule has 0 radical (unpaired) electrons. The Balaban J connectivity index is 1.24. The first-order valence-corrected chi connectivity index (χ1v) is 21.8. The predicted molar refractivity (Wildman–Crippen MR) is 235 cm³/mol. The normalized spacial score (nSPS) is 21.0. The molecular formula is C47H49FN7O7P. The first-order valence-electron chi connectivity index (χ1n) is 20.7. The highest BCUT2D eigenvalue weighted by molar-refractivity contribution is 7.44. The largest absolute Gasteiger partial charge is 0.497 e. The van der Waals surface area contributed by atoms with Crippen molar-refractivity contribution in [3.63, 3.8) is 0 Å². The van der Waals surface area contributed by atoms with Crippen molar-refractivity contribution in [2.45, 2.75) is 82.0 Å². The quantitative estimate of drug-likeness (QED) is 0.0499. The molecule has 63 heavy (non-hydrogen) atoms. The number of imidazole rings is 1. The number of rotatable bonds is 18. The molecule has 16 heteroatoms. The summed E-state index contributed by atoms with van der Waals surface area (Å²) in [5, 5.41) is 12.3. The van der Waals surface area contributed by atoms with Gasteiger partial charge in [0, 0.05) is 17.6 Å². The van der Waals surface area contributed by atoms with Gasteiger partial charge in [0.05, 0.1) is 39.6 Å². The minimum atomic E-state index is -2.00. The molecule has 1 amide bonds. The lowest BCUT2D eigenvalue weighted by Gasteiger charge is -2.40. The molecule has 6 atom stereocenters. The third-order valence-corrected chi connectivity index (χ3v) is 13.5. The average molecular weight is 874 g/mol. The number of anilines is 1. The number of nitrogens with one attached hydrogen (secondary N) is 1. The van der Waals surface area contributed by atoms with Crippen LogP contribution in [-0.2, 0) is 24.1 Å². The van der Waals surface area contributed by atoms with Crippen LogP contribution in [0.25, 0.3) is 11.2 Å². The van der Waals surface area contributed by atoms with Crippen LogP contribution in [0.5, 0.6) is 11.5 Å². The van der Waals surface area contributed by atoms with E-state index in [1.807, 2.05) is 117 Å². The van der Waals surface area contributed by atoms with E-state index in [0.717, 1.165) is 16.7 Å². The highest BCUT2D eigenvalue weighted by atomic mass is 31.2. The lowest BCUT2D eigenvalue weighted by Crippen LogP contribution is -2.42. The van der Waals surface area contributed by atoms with Crippen molar-refractivity contribution >= 4 is 31.4 Å². The third-order valence-electron chi connectivity index (χ3n) is 11.3. The summed E-state index contributed by atoms with van der Waals surface area (Å²) in [7, 11) is 1.21. The Labute approximate surface area is 366 Å². The van der Waals surface area contributed by atoms with Crippen molar-refractivity contribution in [1.29, 1.82) is 5.26 Å². The highest BCUT2D eigenvalue weighted by Gasteiger charge is 2.83. The van der Waals surface area contributed by atoms with Crippen LogP contribution in [0.15, 0.2) is 122 Å². The molecule has 1 saturated heterocycles. The molecule has 1 saturated carbocycles. The summed E-state index contributed by atoms with van der Waals surface area (Å²) in [6, 6.07) is 35.6. The summed E-state index contributed by atoms with van der Waals surface area (Å²) in [5.41, 5.74) is 0.0917. The van der Waals surface area contributed by atoms with Gasteiger partial charge in [-0.15, -0.1) is 0 Å². The number of hydrogen-bond acceptors (Lipinski definition) is 12. The monoisotopic (exact) mass is 873 g/mol. The van der Waals surface area contributed by atoms with Crippen molar-refractivity contribution in [3.05, 3.63) is 144 Å². The Morgan fingerprint density at radius 2 is 1.48 bits per heavy atom. The molecule has 8 rings (SSSR count). The molecule has 3 heterocycles. The number of nitrogens with zero attached hydrogens (tertiary/aromatic N) is 6. The van der Waals surface area contributed by atoms with E-state index in [1.165, 1.54) is 17.2 Å². The number of methoxy groups -OCH3 is 2. The Bertz CT molecular complexity index is 2490. The van der Waals surface area contributed by atoms with Crippen molar-refractivity contribution in [1.82, 2.24) is 24.2 Å². The number of nitriles is 1. The third kappa shape index (κ3) is 8.15. The van der Waals surface area contributed by atoms with Gasteiger partial charge in [-0.05, 0) is 80.8 Å². The Morgan fingerprint density at radius 3 is 2.05 bits per heavy atom. The van der Waals surface area contributed by atoms with Gasteiger partial charge in [0.2, 0.25) is 0 Å². The van der Waals surface area contributed by atoms with Gasteiger partial charge in [0.25, 0.3) is 14.4 Å². The zero-order valence-electron chi connectivity index (χ0n) is 35.8. The van der Waals surface area contributed by atoms with Crippen LogP contribution >= 0.6 is 8.53 Å². The molecule has 1 N–H and O–H groups in total. The fourth-order valence-electron chi connectivity index (χ4n) is 8.31. The highest BCUT2D eigenvalue weighted by Crippen LogP contribution is 2.67. The maximum atomic E-state index is 18.3. The molecule has 0 bridgehead atoms. The fraction of sp³-hybridized carbons (Fsp3) is 0.340. The minimum absolute atomic E-state index is 0.0673. The molecular weight excluding hydrogens is 825 g/mol. The molecule has 2 unspecified atom stereocenters. The number of fused-ring (bicyclic) bond motifs is 2. The van der Waals surface area contributed by atoms with Gasteiger partial charge >= 0.3 is 0 Å². The second kappa shape index (κ2) is 18.5. The molecule has 4 aromatic carbocycles. The van der Waals surface area contributed by atoms with Gasteiger partial charge < -0.3 is 33.3 Å². The standard InChI is InChI=1S/C47H49FN7O7P/c1-30(2)55(31(3)4)63(59-27-13-26-49)62-47-39(48)45(54-29-52-38-42(50-28-51-43(38)54)53-44(56)32-14-9-7-10-15-32)60-40(47)41(47)61-46(33-16-11-8-12-17-33,34-18-22-36(57-5)23-19-34)35-20-24-37(58-6)25-21-35/h7-12,14-25,28-31,39-41,45H,13,27H2,1-6H3,(H,50,51,53,56)/t39-,40+,41?,45+,47-,63?/m0/s1. The molecule has 14 nitrogen and oxygen atoms in total. The van der Waals surface area contributed by atoms with Crippen LogP contribution in [0.4, 0.5) is 10.2 Å². The smallest absolute Gasteiger partial charge is 0.260 e. The van der Waals surface area contributed by atoms with E-state index < -0.39 is 44.3 Å². The number of aromatic nitrogens is 4. The van der Waals surface area contributed by atoms with Gasteiger partial charge in [0.1, 0.15) is 35.6 Å². The Kier molecular flexibility index (Phi) is 12.8. The maximum Gasteiger partial charge on any atom is 0.260 e. The van der Waals surface area contributed by atoms with E-state index in [-0.39, 0.29) is 48.0 Å².